The summed E-state index contributed by atoms with van der Waals surface area (Å²) in [5.41, 5.74) is 1.22. The zero-order valence-corrected chi connectivity index (χ0v) is 16.8. The third kappa shape index (κ3) is 4.01. The van der Waals surface area contributed by atoms with Crippen molar-refractivity contribution in [1.29, 1.82) is 0 Å². The van der Waals surface area contributed by atoms with Crippen LogP contribution >= 0.6 is 23.1 Å². The third-order valence-corrected chi connectivity index (χ3v) is 6.99. The number of esters is 1. The minimum atomic E-state index is -0.863. The number of aliphatic hydroxyl groups excluding tert-OH is 1. The molecule has 1 aliphatic rings. The van der Waals surface area contributed by atoms with Gasteiger partial charge in [-0.2, -0.15) is 0 Å². The normalized spacial score (nSPS) is 19.5. The average Bonchev–Trinajstić information content (AvgIpc) is 3.24. The lowest BCUT2D eigenvalue weighted by molar-refractivity contribution is -0.160. The summed E-state index contributed by atoms with van der Waals surface area (Å²) in [4.78, 5) is 13.2. The molecule has 4 rings (SSSR count). The summed E-state index contributed by atoms with van der Waals surface area (Å²) in [6, 6.07) is 23.7. The number of carbonyl (C=O) groups excluding carboxylic acids is 1. The molecule has 0 aliphatic carbocycles. The highest BCUT2D eigenvalue weighted by molar-refractivity contribution is 8.05. The largest absolute Gasteiger partial charge is 0.511 e. The maximum atomic E-state index is 12.9. The van der Waals surface area contributed by atoms with Gasteiger partial charge in [0.25, 0.3) is 0 Å². The Balaban J connectivity index is 1.65. The molecule has 0 bridgehead atoms. The van der Waals surface area contributed by atoms with E-state index in [1.807, 2.05) is 66.0 Å². The Hall–Kier alpha value is -2.50. The molecule has 0 fully saturated rings. The van der Waals surface area contributed by atoms with E-state index in [0.717, 1.165) is 16.2 Å². The van der Waals surface area contributed by atoms with E-state index in [0.29, 0.717) is 6.42 Å². The Morgan fingerprint density at radius 1 is 1.00 bits per heavy atom. The van der Waals surface area contributed by atoms with Crippen molar-refractivity contribution >= 4 is 29.1 Å². The fourth-order valence-electron chi connectivity index (χ4n) is 3.43. The van der Waals surface area contributed by atoms with E-state index < -0.39 is 11.6 Å². The lowest BCUT2D eigenvalue weighted by Gasteiger charge is -2.37. The zero-order valence-electron chi connectivity index (χ0n) is 15.2. The van der Waals surface area contributed by atoms with Crippen molar-refractivity contribution in [2.24, 2.45) is 0 Å². The topological polar surface area (TPSA) is 46.5 Å². The number of thiophene rings is 1. The molecule has 1 N–H and O–H groups in total. The molecule has 0 amide bonds. The molecule has 0 saturated heterocycles. The van der Waals surface area contributed by atoms with Gasteiger partial charge in [-0.1, -0.05) is 78.5 Å². The molecule has 0 spiro atoms. The number of cyclic esters (lactones) is 1. The van der Waals surface area contributed by atoms with Gasteiger partial charge >= 0.3 is 5.97 Å². The van der Waals surface area contributed by atoms with E-state index in [1.165, 1.54) is 28.7 Å². The molecule has 142 valence electrons. The van der Waals surface area contributed by atoms with Crippen LogP contribution in [0.25, 0.3) is 0 Å². The first-order valence-electron chi connectivity index (χ1n) is 9.12. The predicted octanol–water partition coefficient (Wildman–Crippen LogP) is 6.09. The van der Waals surface area contributed by atoms with Gasteiger partial charge in [0.2, 0.25) is 0 Å². The van der Waals surface area contributed by atoms with Gasteiger partial charge in [0.05, 0.1) is 10.6 Å². The van der Waals surface area contributed by atoms with E-state index in [1.54, 1.807) is 0 Å². The molecule has 1 aromatic heterocycles. The van der Waals surface area contributed by atoms with E-state index in [-0.39, 0.29) is 17.1 Å². The van der Waals surface area contributed by atoms with Crippen LogP contribution in [0.15, 0.2) is 93.0 Å². The first-order chi connectivity index (χ1) is 13.7. The van der Waals surface area contributed by atoms with Crippen molar-refractivity contribution < 1.29 is 14.6 Å². The SMILES string of the molecule is O=C1OC(CCc2ccccc2)(c2ccccc2)CC(O)=C1Sc1cccs1. The first kappa shape index (κ1) is 18.8. The van der Waals surface area contributed by atoms with E-state index in [4.69, 9.17) is 4.74 Å². The molecule has 1 atom stereocenters. The average molecular weight is 409 g/mol. The fourth-order valence-corrected chi connectivity index (χ4v) is 5.15. The number of rotatable bonds is 6. The molecule has 3 nitrogen and oxygen atoms in total. The molecule has 0 saturated carbocycles. The van der Waals surface area contributed by atoms with Crippen LogP contribution in [0.5, 0.6) is 0 Å². The quantitative estimate of drug-likeness (QED) is 0.502. The number of carbonyl (C=O) groups is 1. The lowest BCUT2D eigenvalue weighted by Crippen LogP contribution is -2.38. The molecule has 2 aromatic carbocycles. The molecular weight excluding hydrogens is 388 g/mol. The van der Waals surface area contributed by atoms with Crippen molar-refractivity contribution in [3.63, 3.8) is 0 Å². The van der Waals surface area contributed by atoms with Crippen LogP contribution in [0.2, 0.25) is 0 Å². The van der Waals surface area contributed by atoms with Crippen LogP contribution in [0.3, 0.4) is 0 Å². The maximum Gasteiger partial charge on any atom is 0.349 e. The molecule has 1 aliphatic heterocycles. The summed E-state index contributed by atoms with van der Waals surface area (Å²) in [5, 5.41) is 12.7. The first-order valence-corrected chi connectivity index (χ1v) is 10.8. The van der Waals surface area contributed by atoms with Gasteiger partial charge in [-0.05, 0) is 35.4 Å². The zero-order chi connectivity index (χ0) is 19.4. The second-order valence-corrected chi connectivity index (χ2v) is 8.98. The number of aliphatic hydroxyl groups is 1. The maximum absolute atomic E-state index is 12.9. The smallest absolute Gasteiger partial charge is 0.349 e. The van der Waals surface area contributed by atoms with Crippen molar-refractivity contribution in [3.05, 3.63) is 100.0 Å². The standard InChI is InChI=1S/C23H20O3S2/c24-19-16-23(18-10-5-2-6-11-18,14-13-17-8-3-1-4-9-17)26-22(25)21(19)28-20-12-7-15-27-20/h1-12,15,24H,13-14,16H2. The van der Waals surface area contributed by atoms with Crippen LogP contribution in [0, 0.1) is 0 Å². The molecule has 2 heterocycles. The van der Waals surface area contributed by atoms with Gasteiger partial charge in [-0.3, -0.25) is 0 Å². The summed E-state index contributed by atoms with van der Waals surface area (Å²) in [6.07, 6.45) is 1.64. The van der Waals surface area contributed by atoms with Crippen molar-refractivity contribution in [2.45, 2.75) is 29.1 Å². The number of aryl methyl sites for hydroxylation is 1. The van der Waals surface area contributed by atoms with E-state index in [2.05, 4.69) is 12.1 Å². The second-order valence-electron chi connectivity index (χ2n) is 6.72. The number of ether oxygens (including phenoxy) is 1. The molecule has 28 heavy (non-hydrogen) atoms. The van der Waals surface area contributed by atoms with Gasteiger partial charge in [-0.15, -0.1) is 11.3 Å². The van der Waals surface area contributed by atoms with Crippen molar-refractivity contribution in [1.82, 2.24) is 0 Å². The molecule has 1 unspecified atom stereocenters. The summed E-state index contributed by atoms with van der Waals surface area (Å²) >= 11 is 2.81. The van der Waals surface area contributed by atoms with E-state index >= 15 is 0 Å². The van der Waals surface area contributed by atoms with E-state index in [9.17, 15) is 9.90 Å². The van der Waals surface area contributed by atoms with Crippen molar-refractivity contribution in [3.8, 4) is 0 Å². The van der Waals surface area contributed by atoms with Gasteiger partial charge < -0.3 is 9.84 Å². The Labute approximate surface area is 172 Å². The third-order valence-electron chi connectivity index (χ3n) is 4.85. The molecule has 3 aromatic rings. The summed E-state index contributed by atoms with van der Waals surface area (Å²) in [5.74, 6) is -0.356. The molecule has 0 radical (unpaired) electrons. The highest BCUT2D eigenvalue weighted by Crippen LogP contribution is 2.45. The fraction of sp³-hybridized carbons (Fsp3) is 0.174. The number of hydrogen-bond donors (Lipinski definition) is 1. The summed E-state index contributed by atoms with van der Waals surface area (Å²) in [7, 11) is 0. The van der Waals surface area contributed by atoms with Crippen LogP contribution in [0.4, 0.5) is 0 Å². The van der Waals surface area contributed by atoms with Gasteiger partial charge in [-0.25, -0.2) is 4.79 Å². The van der Waals surface area contributed by atoms with Crippen molar-refractivity contribution in [2.75, 3.05) is 0 Å². The minimum absolute atomic E-state index is 0.103. The number of thioether (sulfide) groups is 1. The predicted molar refractivity (Wildman–Crippen MR) is 113 cm³/mol. The van der Waals surface area contributed by atoms with Crippen LogP contribution in [-0.2, 0) is 21.6 Å². The highest BCUT2D eigenvalue weighted by atomic mass is 32.2. The Bertz CT molecular complexity index is 966. The lowest BCUT2D eigenvalue weighted by atomic mass is 9.82. The molecule has 5 heteroatoms. The highest BCUT2D eigenvalue weighted by Gasteiger charge is 2.43. The number of hydrogen-bond acceptors (Lipinski definition) is 5. The second kappa shape index (κ2) is 8.25. The summed E-state index contributed by atoms with van der Waals surface area (Å²) in [6.45, 7) is 0. The van der Waals surface area contributed by atoms with Gasteiger partial charge in [0.15, 0.2) is 0 Å². The number of benzene rings is 2. The van der Waals surface area contributed by atoms with Crippen LogP contribution < -0.4 is 0 Å². The Morgan fingerprint density at radius 2 is 1.71 bits per heavy atom. The van der Waals surface area contributed by atoms with Crippen LogP contribution in [-0.4, -0.2) is 11.1 Å². The Morgan fingerprint density at radius 3 is 2.36 bits per heavy atom. The minimum Gasteiger partial charge on any atom is -0.511 e. The molecular formula is C23H20O3S2. The van der Waals surface area contributed by atoms with Crippen LogP contribution in [0.1, 0.15) is 24.0 Å². The Kier molecular flexibility index (Phi) is 5.55. The summed E-state index contributed by atoms with van der Waals surface area (Å²) < 4.78 is 6.99. The monoisotopic (exact) mass is 408 g/mol. The van der Waals surface area contributed by atoms with Gasteiger partial charge in [0, 0.05) is 0 Å². The van der Waals surface area contributed by atoms with Gasteiger partial charge in [0.1, 0.15) is 16.3 Å².